The summed E-state index contributed by atoms with van der Waals surface area (Å²) in [5.74, 6) is -1.34. The molecule has 2 fully saturated rings. The molecule has 2 aromatic carbocycles. The number of piperazine rings is 1. The Kier molecular flexibility index (Phi) is 7.13. The number of ether oxygens (including phenoxy) is 1. The van der Waals surface area contributed by atoms with Crippen LogP contribution in [0.25, 0.3) is 11.3 Å². The Balaban J connectivity index is 1.38. The van der Waals surface area contributed by atoms with Crippen molar-refractivity contribution in [3.63, 3.8) is 0 Å². The molecule has 1 aliphatic heterocycles. The van der Waals surface area contributed by atoms with Gasteiger partial charge in [-0.1, -0.05) is 17.7 Å². The maximum atomic E-state index is 14.5. The van der Waals surface area contributed by atoms with Crippen LogP contribution < -0.4 is 5.32 Å². The third-order valence-electron chi connectivity index (χ3n) is 6.50. The molecule has 2 aliphatic rings. The highest BCUT2D eigenvalue weighted by atomic mass is 35.5. The van der Waals surface area contributed by atoms with Gasteiger partial charge in [-0.15, -0.1) is 10.2 Å². The van der Waals surface area contributed by atoms with Crippen LogP contribution in [0.4, 0.5) is 15.8 Å². The Bertz CT molecular complexity index is 1410. The van der Waals surface area contributed by atoms with Gasteiger partial charge < -0.3 is 10.1 Å². The Morgan fingerprint density at radius 1 is 1.08 bits per heavy atom. The highest BCUT2D eigenvalue weighted by Crippen LogP contribution is 2.32. The molecule has 0 unspecified atom stereocenters. The summed E-state index contributed by atoms with van der Waals surface area (Å²) in [4.78, 5) is 14.8. The Hall–Kier alpha value is -3.12. The molecule has 5 rings (SSSR count). The highest BCUT2D eigenvalue weighted by molar-refractivity contribution is 7.89. The van der Waals surface area contributed by atoms with E-state index in [1.165, 1.54) is 60.7 Å². The predicted molar refractivity (Wildman–Crippen MR) is 137 cm³/mol. The van der Waals surface area contributed by atoms with Crippen LogP contribution >= 0.6 is 11.6 Å². The minimum absolute atomic E-state index is 0.0411. The third kappa shape index (κ3) is 5.30. The maximum absolute atomic E-state index is 14.5. The van der Waals surface area contributed by atoms with Crippen molar-refractivity contribution in [3.8, 4) is 11.3 Å². The predicted octanol–water partition coefficient (Wildman–Crippen LogP) is 3.94. The molecule has 0 radical (unpaired) electrons. The molecule has 3 aromatic rings. The fourth-order valence-corrected chi connectivity index (χ4v) is 6.04. The first-order valence-electron chi connectivity index (χ1n) is 11.8. The number of methoxy groups -OCH3 is 1. The van der Waals surface area contributed by atoms with Crippen molar-refractivity contribution in [2.45, 2.75) is 23.8 Å². The van der Waals surface area contributed by atoms with E-state index < -0.39 is 21.8 Å². The van der Waals surface area contributed by atoms with Crippen LogP contribution in [0.15, 0.2) is 53.4 Å². The number of esters is 1. The molecule has 0 bridgehead atoms. The summed E-state index contributed by atoms with van der Waals surface area (Å²) >= 11 is 6.17. The standard InChI is InChI=1S/C25H25ClFN5O4S/c1-36-25(33)24-22(15-21(29-30-24)23-19(26)3-2-4-20(23)27)28-16-5-9-18(10-6-16)37(34,35)32-13-11-31(12-14-32)17-7-8-17/h2-6,9-10,15,17H,7-8,11-14H2,1H3,(H,28,29). The fraction of sp³-hybridized carbons (Fsp3) is 0.320. The molecule has 1 saturated heterocycles. The monoisotopic (exact) mass is 545 g/mol. The largest absolute Gasteiger partial charge is 0.464 e. The van der Waals surface area contributed by atoms with E-state index in [2.05, 4.69) is 20.4 Å². The van der Waals surface area contributed by atoms with Gasteiger partial charge in [0.15, 0.2) is 5.69 Å². The van der Waals surface area contributed by atoms with Gasteiger partial charge in [-0.25, -0.2) is 17.6 Å². The van der Waals surface area contributed by atoms with Crippen LogP contribution in [-0.4, -0.2) is 73.1 Å². The van der Waals surface area contributed by atoms with Crippen molar-refractivity contribution in [2.75, 3.05) is 38.6 Å². The lowest BCUT2D eigenvalue weighted by Crippen LogP contribution is -2.49. The van der Waals surface area contributed by atoms with E-state index in [1.807, 2.05) is 0 Å². The first-order chi connectivity index (χ1) is 17.8. The molecule has 2 heterocycles. The summed E-state index contributed by atoms with van der Waals surface area (Å²) in [6.45, 7) is 2.41. The number of rotatable bonds is 7. The Morgan fingerprint density at radius 3 is 2.41 bits per heavy atom. The van der Waals surface area contributed by atoms with E-state index in [-0.39, 0.29) is 32.6 Å². The van der Waals surface area contributed by atoms with Crippen LogP contribution in [-0.2, 0) is 14.8 Å². The topological polar surface area (TPSA) is 105 Å². The molecule has 194 valence electrons. The zero-order chi connectivity index (χ0) is 26.2. The van der Waals surface area contributed by atoms with E-state index in [0.717, 1.165) is 13.1 Å². The number of benzene rings is 2. The van der Waals surface area contributed by atoms with Crippen LogP contribution in [0.2, 0.25) is 5.02 Å². The molecule has 9 nitrogen and oxygen atoms in total. The molecule has 0 spiro atoms. The molecular weight excluding hydrogens is 521 g/mol. The number of hydrogen-bond donors (Lipinski definition) is 1. The van der Waals surface area contributed by atoms with Crippen molar-refractivity contribution < 1.29 is 22.3 Å². The zero-order valence-corrected chi connectivity index (χ0v) is 21.6. The summed E-state index contributed by atoms with van der Waals surface area (Å²) in [5.41, 5.74) is 0.718. The molecule has 1 N–H and O–H groups in total. The van der Waals surface area contributed by atoms with E-state index in [9.17, 15) is 17.6 Å². The average Bonchev–Trinajstić information content (AvgIpc) is 3.74. The van der Waals surface area contributed by atoms with Crippen molar-refractivity contribution in [1.82, 2.24) is 19.4 Å². The molecule has 12 heteroatoms. The summed E-state index contributed by atoms with van der Waals surface area (Å²) in [6.07, 6.45) is 2.39. The number of nitrogens with one attached hydrogen (secondary N) is 1. The van der Waals surface area contributed by atoms with Gasteiger partial charge in [0.05, 0.1) is 34.0 Å². The lowest BCUT2D eigenvalue weighted by molar-refractivity contribution is 0.0594. The number of carbonyl (C=O) groups is 1. The summed E-state index contributed by atoms with van der Waals surface area (Å²) in [6, 6.07) is 12.5. The van der Waals surface area contributed by atoms with Gasteiger partial charge in [-0.2, -0.15) is 4.31 Å². The molecule has 1 aliphatic carbocycles. The van der Waals surface area contributed by atoms with Crippen LogP contribution in [0.1, 0.15) is 23.3 Å². The second kappa shape index (κ2) is 10.3. The molecule has 37 heavy (non-hydrogen) atoms. The number of halogens is 2. The van der Waals surface area contributed by atoms with Crippen LogP contribution in [0.3, 0.4) is 0 Å². The molecular formula is C25H25ClFN5O4S. The van der Waals surface area contributed by atoms with Crippen LogP contribution in [0.5, 0.6) is 0 Å². The van der Waals surface area contributed by atoms with Crippen molar-refractivity contribution in [2.24, 2.45) is 0 Å². The zero-order valence-electron chi connectivity index (χ0n) is 20.0. The quantitative estimate of drug-likeness (QED) is 0.445. The normalized spacial score (nSPS) is 16.9. The van der Waals surface area contributed by atoms with E-state index in [0.29, 0.717) is 24.8 Å². The number of hydrogen-bond acceptors (Lipinski definition) is 8. The second-order valence-corrected chi connectivity index (χ2v) is 11.2. The lowest BCUT2D eigenvalue weighted by atomic mass is 10.1. The minimum atomic E-state index is -3.63. The summed E-state index contributed by atoms with van der Waals surface area (Å²) in [7, 11) is -2.42. The Morgan fingerprint density at radius 2 is 1.78 bits per heavy atom. The SMILES string of the molecule is COC(=O)c1nnc(-c2c(F)cccc2Cl)cc1Nc1ccc(S(=O)(=O)N2CCN(C3CC3)CC2)cc1. The van der Waals surface area contributed by atoms with Crippen LogP contribution in [0, 0.1) is 5.82 Å². The molecule has 0 atom stereocenters. The maximum Gasteiger partial charge on any atom is 0.360 e. The van der Waals surface area contributed by atoms with E-state index in [1.54, 1.807) is 12.1 Å². The number of anilines is 2. The molecule has 1 saturated carbocycles. The number of sulfonamides is 1. The van der Waals surface area contributed by atoms with E-state index in [4.69, 9.17) is 16.3 Å². The number of nitrogens with zero attached hydrogens (tertiary/aromatic N) is 4. The Labute approximate surface area is 219 Å². The first-order valence-corrected chi connectivity index (χ1v) is 13.6. The first kappa shape index (κ1) is 25.5. The fourth-order valence-electron chi connectivity index (χ4n) is 4.36. The van der Waals surface area contributed by atoms with Gasteiger partial charge in [0, 0.05) is 37.9 Å². The van der Waals surface area contributed by atoms with Crippen molar-refractivity contribution in [1.29, 1.82) is 0 Å². The lowest BCUT2D eigenvalue weighted by Gasteiger charge is -2.34. The number of carbonyl (C=O) groups excluding carboxylic acids is 1. The summed E-state index contributed by atoms with van der Waals surface area (Å²) in [5, 5.41) is 11.1. The van der Waals surface area contributed by atoms with Crippen molar-refractivity contribution in [3.05, 3.63) is 65.1 Å². The highest BCUT2D eigenvalue weighted by Gasteiger charge is 2.34. The number of aromatic nitrogens is 2. The van der Waals surface area contributed by atoms with Gasteiger partial charge in [0.2, 0.25) is 10.0 Å². The second-order valence-electron chi connectivity index (χ2n) is 8.90. The van der Waals surface area contributed by atoms with E-state index >= 15 is 0 Å². The smallest absolute Gasteiger partial charge is 0.360 e. The van der Waals surface area contributed by atoms with Gasteiger partial charge in [0.1, 0.15) is 5.82 Å². The average molecular weight is 546 g/mol. The molecule has 1 aromatic heterocycles. The molecule has 0 amide bonds. The third-order valence-corrected chi connectivity index (χ3v) is 8.73. The van der Waals surface area contributed by atoms with Gasteiger partial charge in [-0.05, 0) is 55.3 Å². The van der Waals surface area contributed by atoms with Gasteiger partial charge in [0.25, 0.3) is 0 Å². The van der Waals surface area contributed by atoms with Gasteiger partial charge >= 0.3 is 5.97 Å². The minimum Gasteiger partial charge on any atom is -0.464 e. The van der Waals surface area contributed by atoms with Crippen molar-refractivity contribution >= 4 is 39.0 Å². The van der Waals surface area contributed by atoms with Gasteiger partial charge in [-0.3, -0.25) is 4.90 Å². The summed E-state index contributed by atoms with van der Waals surface area (Å²) < 4.78 is 47.1.